The van der Waals surface area contributed by atoms with E-state index in [9.17, 15) is 24.0 Å². The van der Waals surface area contributed by atoms with Gasteiger partial charge in [0.1, 0.15) is 6.04 Å². The van der Waals surface area contributed by atoms with Gasteiger partial charge in [-0.3, -0.25) is 29.0 Å². The van der Waals surface area contributed by atoms with E-state index >= 15 is 0 Å². The van der Waals surface area contributed by atoms with Crippen LogP contribution in [0.5, 0.6) is 0 Å². The molecule has 0 spiro atoms. The van der Waals surface area contributed by atoms with Crippen molar-refractivity contribution >= 4 is 35.5 Å². The van der Waals surface area contributed by atoms with Crippen LogP contribution < -0.4 is 33.2 Å². The van der Waals surface area contributed by atoms with Gasteiger partial charge in [0, 0.05) is 57.7 Å². The number of aliphatic imine (C=N–C) groups is 1. The maximum atomic E-state index is 13.3. The van der Waals surface area contributed by atoms with Gasteiger partial charge in [0.2, 0.25) is 29.5 Å². The highest BCUT2D eigenvalue weighted by Gasteiger charge is 2.18. The molecule has 67 heavy (non-hydrogen) atoms. The number of nitrogens with zero attached hydrogens (tertiary/aromatic N) is 2. The van der Waals surface area contributed by atoms with Gasteiger partial charge in [-0.2, -0.15) is 0 Å². The van der Waals surface area contributed by atoms with Crippen LogP contribution in [0.15, 0.2) is 17.1 Å². The zero-order valence-corrected chi connectivity index (χ0v) is 43.3. The molecule has 0 aliphatic heterocycles. The lowest BCUT2D eigenvalue weighted by atomic mass is 10.0. The standard InChI is InChI=1S/C54H104N8O5/c1-3-5-7-9-11-13-15-17-19-21-23-25-27-29-31-33-35-39-49(63)58-44-46-62(52(66)42-41-51(65)61-48(53(55)67)38-37-43-60-54(56)57)47-45-59-50(64)40-36-34-32-30-28-26-24-22-20-18-16-14-12-10-8-6-4-2/h41-42,48H,3-40,43-47H2,1-2H3,(H2,55,67)(H,58,63)(H,59,64)(H,61,65)(H4,56,57,60)/b42-41-/t48-/m0/s1. The first-order valence-electron chi connectivity index (χ1n) is 27.8. The van der Waals surface area contributed by atoms with Crippen LogP contribution in [0, 0.1) is 0 Å². The van der Waals surface area contributed by atoms with Gasteiger partial charge in [0.15, 0.2) is 5.96 Å². The largest absolute Gasteiger partial charge is 0.370 e. The van der Waals surface area contributed by atoms with Crippen LogP contribution >= 0.6 is 0 Å². The van der Waals surface area contributed by atoms with Crippen molar-refractivity contribution in [1.82, 2.24) is 20.9 Å². The highest BCUT2D eigenvalue weighted by molar-refractivity contribution is 5.98. The Hall–Kier alpha value is -3.64. The molecule has 1 atom stereocenters. The molecule has 0 rings (SSSR count). The van der Waals surface area contributed by atoms with Crippen LogP contribution in [-0.2, 0) is 24.0 Å². The van der Waals surface area contributed by atoms with E-state index in [4.69, 9.17) is 17.2 Å². The van der Waals surface area contributed by atoms with E-state index in [1.54, 1.807) is 0 Å². The quantitative estimate of drug-likeness (QED) is 0.0150. The molecule has 0 bridgehead atoms. The Labute approximate surface area is 410 Å². The monoisotopic (exact) mass is 945 g/mol. The summed E-state index contributed by atoms with van der Waals surface area (Å²) >= 11 is 0. The highest BCUT2D eigenvalue weighted by Crippen LogP contribution is 2.16. The van der Waals surface area contributed by atoms with Gasteiger partial charge < -0.3 is 38.1 Å². The van der Waals surface area contributed by atoms with E-state index in [1.807, 2.05) is 0 Å². The topological polar surface area (TPSA) is 215 Å². The highest BCUT2D eigenvalue weighted by atomic mass is 16.2. The Morgan fingerprint density at radius 2 is 0.791 bits per heavy atom. The van der Waals surface area contributed by atoms with Gasteiger partial charge in [-0.25, -0.2) is 0 Å². The van der Waals surface area contributed by atoms with Gasteiger partial charge in [-0.15, -0.1) is 0 Å². The maximum absolute atomic E-state index is 13.3. The summed E-state index contributed by atoms with van der Waals surface area (Å²) in [7, 11) is 0. The lowest BCUT2D eigenvalue weighted by molar-refractivity contribution is -0.128. The molecule has 9 N–H and O–H groups in total. The second-order valence-electron chi connectivity index (χ2n) is 19.1. The molecule has 0 aliphatic carbocycles. The minimum atomic E-state index is -0.957. The average Bonchev–Trinajstić information content (AvgIpc) is 3.30. The molecule has 390 valence electrons. The summed E-state index contributed by atoms with van der Waals surface area (Å²) in [6.07, 6.45) is 47.4. The van der Waals surface area contributed by atoms with E-state index in [0.717, 1.165) is 50.7 Å². The predicted molar refractivity (Wildman–Crippen MR) is 280 cm³/mol. The van der Waals surface area contributed by atoms with Gasteiger partial charge in [0.05, 0.1) is 0 Å². The van der Waals surface area contributed by atoms with Crippen molar-refractivity contribution in [3.05, 3.63) is 12.2 Å². The van der Waals surface area contributed by atoms with Gasteiger partial charge >= 0.3 is 0 Å². The number of hydrogen-bond acceptors (Lipinski definition) is 6. The van der Waals surface area contributed by atoms with E-state index in [1.165, 1.54) is 185 Å². The molecule has 0 saturated carbocycles. The number of rotatable bonds is 50. The van der Waals surface area contributed by atoms with Crippen molar-refractivity contribution in [2.24, 2.45) is 22.2 Å². The third-order valence-electron chi connectivity index (χ3n) is 12.7. The molecule has 13 nitrogen and oxygen atoms in total. The molecular formula is C54H104N8O5. The van der Waals surface area contributed by atoms with Crippen molar-refractivity contribution in [2.75, 3.05) is 32.7 Å². The number of nitrogens with two attached hydrogens (primary N) is 3. The van der Waals surface area contributed by atoms with Crippen molar-refractivity contribution in [1.29, 1.82) is 0 Å². The first kappa shape index (κ1) is 63.4. The lowest BCUT2D eigenvalue weighted by Crippen LogP contribution is -2.44. The second-order valence-corrected chi connectivity index (χ2v) is 19.1. The summed E-state index contributed by atoms with van der Waals surface area (Å²) in [6, 6.07) is -0.957. The number of hydrogen-bond donors (Lipinski definition) is 6. The first-order chi connectivity index (χ1) is 32.6. The zero-order chi connectivity index (χ0) is 49.3. The Kier molecular flexibility index (Phi) is 46.2. The number of carbonyl (C=O) groups is 5. The van der Waals surface area contributed by atoms with Crippen molar-refractivity contribution in [3.8, 4) is 0 Å². The van der Waals surface area contributed by atoms with E-state index in [0.29, 0.717) is 19.3 Å². The van der Waals surface area contributed by atoms with E-state index in [2.05, 4.69) is 34.8 Å². The van der Waals surface area contributed by atoms with Gasteiger partial charge in [-0.1, -0.05) is 219 Å². The maximum Gasteiger partial charge on any atom is 0.246 e. The van der Waals surface area contributed by atoms with Gasteiger partial charge in [-0.05, 0) is 25.7 Å². The Morgan fingerprint density at radius 1 is 0.463 bits per heavy atom. The first-order valence-corrected chi connectivity index (χ1v) is 27.8. The molecule has 0 aromatic carbocycles. The fourth-order valence-electron chi connectivity index (χ4n) is 8.45. The lowest BCUT2D eigenvalue weighted by Gasteiger charge is -2.22. The van der Waals surface area contributed by atoms with Crippen LogP contribution in [0.3, 0.4) is 0 Å². The number of primary amides is 1. The third kappa shape index (κ3) is 45.9. The van der Waals surface area contributed by atoms with E-state index in [-0.39, 0.29) is 56.9 Å². The van der Waals surface area contributed by atoms with Crippen LogP contribution in [-0.4, -0.2) is 79.2 Å². The average molecular weight is 945 g/mol. The minimum Gasteiger partial charge on any atom is -0.370 e. The second kappa shape index (κ2) is 48.8. The number of amides is 5. The number of carbonyl (C=O) groups excluding carboxylic acids is 5. The van der Waals surface area contributed by atoms with Crippen LogP contribution in [0.1, 0.15) is 258 Å². The minimum absolute atomic E-state index is 0.0528. The molecule has 0 aromatic heterocycles. The molecule has 0 radical (unpaired) electrons. The number of guanidine groups is 1. The summed E-state index contributed by atoms with van der Waals surface area (Å²) in [6.45, 7) is 5.72. The predicted octanol–water partition coefficient (Wildman–Crippen LogP) is 10.7. The van der Waals surface area contributed by atoms with Crippen molar-refractivity contribution in [2.45, 2.75) is 264 Å². The van der Waals surface area contributed by atoms with Crippen LogP contribution in [0.2, 0.25) is 0 Å². The summed E-state index contributed by atoms with van der Waals surface area (Å²) in [4.78, 5) is 68.6. The fraction of sp³-hybridized carbons (Fsp3) is 0.852. The zero-order valence-electron chi connectivity index (χ0n) is 43.3. The summed E-state index contributed by atoms with van der Waals surface area (Å²) < 4.78 is 0. The molecule has 0 unspecified atom stereocenters. The molecule has 0 aliphatic rings. The molecule has 0 heterocycles. The molecule has 0 fully saturated rings. The number of unbranched alkanes of at least 4 members (excludes halogenated alkanes) is 32. The van der Waals surface area contributed by atoms with Crippen LogP contribution in [0.4, 0.5) is 0 Å². The molecule has 0 saturated heterocycles. The SMILES string of the molecule is CCCCCCCCCCCCCCCCCCCC(=O)NCCN(CCNC(=O)CCCCCCCCCCCCCCCCCCC)C(=O)/C=C\C(=O)N[C@@H](CCCN=C(N)N)C(N)=O. The smallest absolute Gasteiger partial charge is 0.246 e. The summed E-state index contributed by atoms with van der Waals surface area (Å²) in [5.74, 6) is -1.99. The van der Waals surface area contributed by atoms with Crippen molar-refractivity contribution in [3.63, 3.8) is 0 Å². The van der Waals surface area contributed by atoms with Crippen LogP contribution in [0.25, 0.3) is 0 Å². The number of nitrogens with one attached hydrogen (secondary N) is 3. The Bertz CT molecular complexity index is 1220. The molecule has 5 amide bonds. The van der Waals surface area contributed by atoms with E-state index < -0.39 is 23.8 Å². The molecule has 13 heteroatoms. The normalized spacial score (nSPS) is 11.7. The molecule has 0 aromatic rings. The Balaban J connectivity index is 4.56. The Morgan fingerprint density at radius 3 is 1.10 bits per heavy atom. The fourth-order valence-corrected chi connectivity index (χ4v) is 8.45. The van der Waals surface area contributed by atoms with Crippen molar-refractivity contribution < 1.29 is 24.0 Å². The van der Waals surface area contributed by atoms with Gasteiger partial charge in [0.25, 0.3) is 0 Å². The summed E-state index contributed by atoms with van der Waals surface area (Å²) in [5.41, 5.74) is 16.2. The molecular weight excluding hydrogens is 841 g/mol. The summed E-state index contributed by atoms with van der Waals surface area (Å²) in [5, 5.41) is 8.39. The third-order valence-corrected chi connectivity index (χ3v) is 12.7.